The monoisotopic (exact) mass is 736 g/mol. The first-order valence-electron chi connectivity index (χ1n) is 18.6. The van der Waals surface area contributed by atoms with Crippen LogP contribution < -0.4 is 4.57 Å². The van der Waals surface area contributed by atoms with Crippen LogP contribution in [-0.4, -0.2) is 122 Å². The molecule has 2 aliphatic heterocycles. The van der Waals surface area contributed by atoms with E-state index in [4.69, 9.17) is 18.9 Å². The summed E-state index contributed by atoms with van der Waals surface area (Å²) in [5, 5.41) is 66.8. The normalized spacial score (nSPS) is 26.1. The van der Waals surface area contributed by atoms with Gasteiger partial charge >= 0.3 is 0 Å². The Morgan fingerprint density at radius 1 is 0.755 bits per heavy atom. The molecule has 6 rings (SSSR count). The third-order valence-corrected chi connectivity index (χ3v) is 10.2. The first-order chi connectivity index (χ1) is 25.7. The van der Waals surface area contributed by atoms with Crippen molar-refractivity contribution in [2.75, 3.05) is 32.8 Å². The van der Waals surface area contributed by atoms with Crippen molar-refractivity contribution in [3.63, 3.8) is 0 Å². The molecule has 13 heteroatoms. The molecule has 13 nitrogen and oxygen atoms in total. The molecule has 2 saturated heterocycles. The fourth-order valence-electron chi connectivity index (χ4n) is 7.23. The SMILES string of the molecule is CCn1c[n+](CC)c2ccc(CCCN(C[C@H](O)[C@@H](O)[C@@H]3OC(c4ccccc4)OC[C@H]3O)C[C@H](O)[C@@H](O)[C@@H]3OC(c4ccccc4)OC[C@H]3O)cc21. The predicted octanol–water partition coefficient (Wildman–Crippen LogP) is 1.60. The molecule has 1 aromatic heterocycles. The average Bonchev–Trinajstić information content (AvgIpc) is 3.55. The Balaban J connectivity index is 1.15. The number of aliphatic hydroxyl groups is 6. The van der Waals surface area contributed by atoms with Crippen LogP contribution in [-0.2, 0) is 38.5 Å². The van der Waals surface area contributed by atoms with Crippen molar-refractivity contribution in [1.82, 2.24) is 9.47 Å². The largest absolute Gasteiger partial charge is 0.389 e. The minimum absolute atomic E-state index is 0.0932. The third-order valence-electron chi connectivity index (χ3n) is 10.2. The van der Waals surface area contributed by atoms with E-state index in [1.165, 1.54) is 0 Å². The second-order valence-electron chi connectivity index (χ2n) is 14.0. The van der Waals surface area contributed by atoms with Crippen molar-refractivity contribution in [3.05, 3.63) is 102 Å². The first-order valence-corrected chi connectivity index (χ1v) is 18.6. The van der Waals surface area contributed by atoms with Crippen LogP contribution in [0.2, 0.25) is 0 Å². The second kappa shape index (κ2) is 18.3. The van der Waals surface area contributed by atoms with E-state index < -0.39 is 61.4 Å². The summed E-state index contributed by atoms with van der Waals surface area (Å²) in [6.45, 7) is 5.94. The van der Waals surface area contributed by atoms with Gasteiger partial charge in [0.25, 0.3) is 0 Å². The number of aromatic nitrogens is 2. The van der Waals surface area contributed by atoms with Gasteiger partial charge < -0.3 is 49.6 Å². The topological polar surface area (TPSA) is 170 Å². The minimum Gasteiger partial charge on any atom is -0.389 e. The molecule has 0 radical (unpaired) electrons. The van der Waals surface area contributed by atoms with Crippen LogP contribution in [0.25, 0.3) is 11.0 Å². The summed E-state index contributed by atoms with van der Waals surface area (Å²) < 4.78 is 27.7. The number of imidazole rings is 1. The summed E-state index contributed by atoms with van der Waals surface area (Å²) in [6.07, 6.45) is -8.64. The highest BCUT2D eigenvalue weighted by atomic mass is 16.7. The van der Waals surface area contributed by atoms with Gasteiger partial charge in [-0.05, 0) is 50.9 Å². The molecule has 2 unspecified atom stereocenters. The molecule has 2 aliphatic rings. The Bertz CT molecular complexity index is 1630. The van der Waals surface area contributed by atoms with Crippen LogP contribution in [0, 0.1) is 0 Å². The highest BCUT2D eigenvalue weighted by Crippen LogP contribution is 2.30. The number of benzene rings is 3. The molecule has 4 aromatic rings. The molecular weight excluding hydrogens is 682 g/mol. The van der Waals surface area contributed by atoms with E-state index in [0.717, 1.165) is 29.7 Å². The van der Waals surface area contributed by atoms with Crippen molar-refractivity contribution >= 4 is 11.0 Å². The minimum atomic E-state index is -1.49. The fourth-order valence-corrected chi connectivity index (χ4v) is 7.23. The zero-order valence-corrected chi connectivity index (χ0v) is 30.4. The Morgan fingerprint density at radius 3 is 1.77 bits per heavy atom. The van der Waals surface area contributed by atoms with Gasteiger partial charge in [-0.3, -0.25) is 4.90 Å². The summed E-state index contributed by atoms with van der Waals surface area (Å²) in [4.78, 5) is 1.76. The van der Waals surface area contributed by atoms with E-state index in [-0.39, 0.29) is 26.3 Å². The molecule has 10 atom stereocenters. The molecule has 288 valence electrons. The molecule has 0 spiro atoms. The summed E-state index contributed by atoms with van der Waals surface area (Å²) in [5.74, 6) is 0. The number of rotatable bonds is 16. The van der Waals surface area contributed by atoms with Gasteiger partial charge in [-0.1, -0.05) is 66.7 Å². The van der Waals surface area contributed by atoms with Crippen LogP contribution in [0.15, 0.2) is 85.2 Å². The average molecular weight is 737 g/mol. The highest BCUT2D eigenvalue weighted by Gasteiger charge is 2.42. The van der Waals surface area contributed by atoms with E-state index in [1.54, 1.807) is 4.90 Å². The molecule has 0 amide bonds. The molecule has 53 heavy (non-hydrogen) atoms. The van der Waals surface area contributed by atoms with Crippen LogP contribution in [0.4, 0.5) is 0 Å². The summed E-state index contributed by atoms with van der Waals surface area (Å²) in [5.41, 5.74) is 4.86. The van der Waals surface area contributed by atoms with Crippen molar-refractivity contribution < 1.29 is 54.2 Å². The maximum Gasteiger partial charge on any atom is 0.244 e. The fraction of sp³-hybridized carbons (Fsp3) is 0.525. The summed E-state index contributed by atoms with van der Waals surface area (Å²) in [7, 11) is 0. The van der Waals surface area contributed by atoms with E-state index in [0.29, 0.717) is 30.5 Å². The Labute approximate surface area is 310 Å². The quantitative estimate of drug-likeness (QED) is 0.0925. The predicted molar refractivity (Wildman–Crippen MR) is 194 cm³/mol. The lowest BCUT2D eigenvalue weighted by Crippen LogP contribution is -2.56. The van der Waals surface area contributed by atoms with Gasteiger partial charge in [-0.25, -0.2) is 9.13 Å². The Morgan fingerprint density at radius 2 is 1.28 bits per heavy atom. The molecule has 6 N–H and O–H groups in total. The number of ether oxygens (including phenoxy) is 4. The van der Waals surface area contributed by atoms with Crippen molar-refractivity contribution in [2.45, 2.75) is 101 Å². The highest BCUT2D eigenvalue weighted by molar-refractivity contribution is 5.72. The lowest BCUT2D eigenvalue weighted by molar-refractivity contribution is -0.668. The molecule has 3 aromatic carbocycles. The lowest BCUT2D eigenvalue weighted by Gasteiger charge is -2.40. The molecule has 0 saturated carbocycles. The zero-order valence-electron chi connectivity index (χ0n) is 30.4. The number of aliphatic hydroxyl groups excluding tert-OH is 6. The second-order valence-corrected chi connectivity index (χ2v) is 14.0. The van der Waals surface area contributed by atoms with Crippen LogP contribution in [0.1, 0.15) is 49.5 Å². The van der Waals surface area contributed by atoms with Crippen LogP contribution in [0.5, 0.6) is 0 Å². The van der Waals surface area contributed by atoms with Gasteiger partial charge in [-0.15, -0.1) is 0 Å². The smallest absolute Gasteiger partial charge is 0.244 e. The summed E-state index contributed by atoms with van der Waals surface area (Å²) in [6, 6.07) is 24.7. The van der Waals surface area contributed by atoms with Crippen LogP contribution in [0.3, 0.4) is 0 Å². The van der Waals surface area contributed by atoms with Gasteiger partial charge in [-0.2, -0.15) is 0 Å². The first kappa shape index (κ1) is 39.4. The van der Waals surface area contributed by atoms with Crippen molar-refractivity contribution in [1.29, 1.82) is 0 Å². The molecule has 2 fully saturated rings. The Kier molecular flexibility index (Phi) is 13.6. The van der Waals surface area contributed by atoms with Crippen molar-refractivity contribution in [2.24, 2.45) is 0 Å². The number of hydrogen-bond donors (Lipinski definition) is 6. The standard InChI is InChI=1S/C40H54N3O10/c1-3-42-25-43(4-2)30-20-26(17-18-29(30)42)12-11-19-41(21-31(44)35(48)37-33(46)23-50-39(52-37)27-13-7-5-8-14-27)22-32(45)36(49)38-34(47)24-51-40(53-38)28-15-9-6-10-16-28/h5-10,13-18,20,25,31-40,44-49H,3-4,11-12,19,21-24H2,1-2H3/q+1/t31-,32-,33+,34+,35+,36+,37+,38+,39?,40?/m0/s1. The van der Waals surface area contributed by atoms with E-state index in [2.05, 4.69) is 47.5 Å². The summed E-state index contributed by atoms with van der Waals surface area (Å²) >= 11 is 0. The van der Waals surface area contributed by atoms with E-state index in [1.807, 2.05) is 60.7 Å². The molecule has 0 bridgehead atoms. The van der Waals surface area contributed by atoms with Gasteiger partial charge in [0.2, 0.25) is 6.33 Å². The zero-order chi connectivity index (χ0) is 37.5. The number of aryl methyl sites for hydroxylation is 3. The molecule has 3 heterocycles. The van der Waals surface area contributed by atoms with E-state index >= 15 is 0 Å². The van der Waals surface area contributed by atoms with Crippen LogP contribution >= 0.6 is 0 Å². The van der Waals surface area contributed by atoms with Gasteiger partial charge in [0.1, 0.15) is 36.6 Å². The van der Waals surface area contributed by atoms with E-state index in [9.17, 15) is 30.6 Å². The third kappa shape index (κ3) is 9.50. The molecular formula is C40H54N3O10+. The van der Waals surface area contributed by atoms with Gasteiger partial charge in [0.15, 0.2) is 23.6 Å². The number of fused-ring (bicyclic) bond motifs is 1. The van der Waals surface area contributed by atoms with Gasteiger partial charge in [0.05, 0.1) is 38.5 Å². The number of nitrogens with zero attached hydrogens (tertiary/aromatic N) is 3. The maximum absolute atomic E-state index is 11.4. The molecule has 0 aliphatic carbocycles. The number of hydrogen-bond acceptors (Lipinski definition) is 11. The lowest BCUT2D eigenvalue weighted by atomic mass is 9.99. The maximum atomic E-state index is 11.4. The van der Waals surface area contributed by atoms with Gasteiger partial charge in [0, 0.05) is 24.2 Å². The van der Waals surface area contributed by atoms with Crippen molar-refractivity contribution in [3.8, 4) is 0 Å². The Hall–Kier alpha value is -3.31.